The molecule has 2 heterocycles. The van der Waals surface area contributed by atoms with Crippen molar-refractivity contribution in [2.24, 2.45) is 7.05 Å². The molecule has 1 aliphatic rings. The van der Waals surface area contributed by atoms with Gasteiger partial charge in [0.1, 0.15) is 0 Å². The van der Waals surface area contributed by atoms with E-state index in [1.807, 2.05) is 60.3 Å². The summed E-state index contributed by atoms with van der Waals surface area (Å²) in [6, 6.07) is 18.1. The molecule has 1 aliphatic heterocycles. The molecule has 0 bridgehead atoms. The first-order chi connectivity index (χ1) is 10.7. The quantitative estimate of drug-likeness (QED) is 0.787. The molecule has 0 saturated carbocycles. The van der Waals surface area contributed by atoms with Crippen molar-refractivity contribution in [1.82, 2.24) is 9.78 Å². The molecular formula is C18H15N3O. The molecule has 0 radical (unpaired) electrons. The van der Waals surface area contributed by atoms with Crippen molar-refractivity contribution < 1.29 is 4.79 Å². The van der Waals surface area contributed by atoms with E-state index in [0.717, 1.165) is 33.8 Å². The highest BCUT2D eigenvalue weighted by Gasteiger charge is 2.22. The van der Waals surface area contributed by atoms with Crippen molar-refractivity contribution in [3.8, 4) is 22.5 Å². The standard InChI is InChI=1S/C18H15N3O/c1-21-17(11-16(20-21)12-6-3-2-4-7-12)13-8-5-9-15-14(13)10-18(22)19-15/h2-9,11H,10H2,1H3,(H,19,22). The summed E-state index contributed by atoms with van der Waals surface area (Å²) < 4.78 is 1.88. The van der Waals surface area contributed by atoms with E-state index in [1.165, 1.54) is 0 Å². The topological polar surface area (TPSA) is 46.9 Å². The lowest BCUT2D eigenvalue weighted by Gasteiger charge is -2.07. The van der Waals surface area contributed by atoms with Crippen molar-refractivity contribution >= 4 is 11.6 Å². The van der Waals surface area contributed by atoms with Crippen LogP contribution in [0.25, 0.3) is 22.5 Å². The van der Waals surface area contributed by atoms with Crippen molar-refractivity contribution in [2.75, 3.05) is 5.32 Å². The molecule has 1 aromatic heterocycles. The van der Waals surface area contributed by atoms with E-state index in [2.05, 4.69) is 16.5 Å². The van der Waals surface area contributed by atoms with Crippen molar-refractivity contribution in [2.45, 2.75) is 6.42 Å². The first-order valence-electron chi connectivity index (χ1n) is 7.24. The Kier molecular flexibility index (Phi) is 2.82. The lowest BCUT2D eigenvalue weighted by molar-refractivity contribution is -0.115. The molecule has 0 unspecified atom stereocenters. The number of benzene rings is 2. The highest BCUT2D eigenvalue weighted by molar-refractivity contribution is 6.01. The number of aromatic nitrogens is 2. The van der Waals surface area contributed by atoms with Gasteiger partial charge < -0.3 is 5.32 Å². The van der Waals surface area contributed by atoms with Crippen LogP contribution in [-0.2, 0) is 18.3 Å². The molecule has 4 heteroatoms. The van der Waals surface area contributed by atoms with Gasteiger partial charge in [0.15, 0.2) is 0 Å². The Morgan fingerprint density at radius 2 is 1.91 bits per heavy atom. The van der Waals surface area contributed by atoms with Gasteiger partial charge in [-0.05, 0) is 17.7 Å². The van der Waals surface area contributed by atoms with Crippen molar-refractivity contribution in [1.29, 1.82) is 0 Å². The molecule has 3 aromatic rings. The number of carbonyl (C=O) groups is 1. The third kappa shape index (κ3) is 2.00. The molecular weight excluding hydrogens is 274 g/mol. The average molecular weight is 289 g/mol. The SMILES string of the molecule is Cn1nc(-c2ccccc2)cc1-c1cccc2c1CC(=O)N2. The van der Waals surface area contributed by atoms with Gasteiger partial charge in [0, 0.05) is 23.9 Å². The highest BCUT2D eigenvalue weighted by Crippen LogP contribution is 2.34. The van der Waals surface area contributed by atoms with Crippen LogP contribution < -0.4 is 5.32 Å². The van der Waals surface area contributed by atoms with Gasteiger partial charge in [-0.15, -0.1) is 0 Å². The highest BCUT2D eigenvalue weighted by atomic mass is 16.1. The number of amides is 1. The molecule has 108 valence electrons. The van der Waals surface area contributed by atoms with Gasteiger partial charge in [-0.2, -0.15) is 5.10 Å². The Bertz CT molecular complexity index is 865. The summed E-state index contributed by atoms with van der Waals surface area (Å²) in [7, 11) is 1.94. The number of rotatable bonds is 2. The van der Waals surface area contributed by atoms with Gasteiger partial charge in [-0.1, -0.05) is 42.5 Å². The fourth-order valence-electron chi connectivity index (χ4n) is 2.96. The maximum absolute atomic E-state index is 11.7. The summed E-state index contributed by atoms with van der Waals surface area (Å²) in [4.78, 5) is 11.7. The van der Waals surface area contributed by atoms with E-state index >= 15 is 0 Å². The molecule has 4 rings (SSSR count). The zero-order valence-corrected chi connectivity index (χ0v) is 12.2. The first-order valence-corrected chi connectivity index (χ1v) is 7.24. The second-order valence-corrected chi connectivity index (χ2v) is 5.46. The summed E-state index contributed by atoms with van der Waals surface area (Å²) in [5, 5.41) is 7.51. The lowest BCUT2D eigenvalue weighted by Crippen LogP contribution is -2.03. The van der Waals surface area contributed by atoms with Gasteiger partial charge in [-0.3, -0.25) is 9.48 Å². The predicted molar refractivity (Wildman–Crippen MR) is 86.4 cm³/mol. The van der Waals surface area contributed by atoms with Crippen LogP contribution >= 0.6 is 0 Å². The van der Waals surface area contributed by atoms with E-state index < -0.39 is 0 Å². The Morgan fingerprint density at radius 3 is 2.73 bits per heavy atom. The number of anilines is 1. The number of hydrogen-bond donors (Lipinski definition) is 1. The van der Waals surface area contributed by atoms with Crippen LogP contribution in [0, 0.1) is 0 Å². The van der Waals surface area contributed by atoms with Crippen LogP contribution in [0.3, 0.4) is 0 Å². The van der Waals surface area contributed by atoms with Gasteiger partial charge >= 0.3 is 0 Å². The minimum atomic E-state index is 0.0490. The molecule has 4 nitrogen and oxygen atoms in total. The Balaban J connectivity index is 1.84. The minimum Gasteiger partial charge on any atom is -0.326 e. The van der Waals surface area contributed by atoms with E-state index in [4.69, 9.17) is 0 Å². The predicted octanol–water partition coefficient (Wildman–Crippen LogP) is 3.25. The van der Waals surface area contributed by atoms with Gasteiger partial charge in [0.05, 0.1) is 17.8 Å². The molecule has 0 saturated heterocycles. The number of carbonyl (C=O) groups excluding carboxylic acids is 1. The van der Waals surface area contributed by atoms with E-state index in [9.17, 15) is 4.79 Å². The molecule has 0 aliphatic carbocycles. The largest absolute Gasteiger partial charge is 0.326 e. The minimum absolute atomic E-state index is 0.0490. The smallest absolute Gasteiger partial charge is 0.228 e. The number of aryl methyl sites for hydroxylation is 1. The molecule has 22 heavy (non-hydrogen) atoms. The van der Waals surface area contributed by atoms with Crippen LogP contribution in [0.5, 0.6) is 0 Å². The van der Waals surface area contributed by atoms with Crippen LogP contribution in [0.1, 0.15) is 5.56 Å². The third-order valence-electron chi connectivity index (χ3n) is 4.01. The summed E-state index contributed by atoms with van der Waals surface area (Å²) in [5.74, 6) is 0.0490. The number of nitrogens with one attached hydrogen (secondary N) is 1. The van der Waals surface area contributed by atoms with E-state index in [0.29, 0.717) is 6.42 Å². The lowest BCUT2D eigenvalue weighted by atomic mass is 10.0. The summed E-state index contributed by atoms with van der Waals surface area (Å²) in [6.07, 6.45) is 0.428. The van der Waals surface area contributed by atoms with E-state index in [-0.39, 0.29) is 5.91 Å². The third-order valence-corrected chi connectivity index (χ3v) is 4.01. The molecule has 0 fully saturated rings. The molecule has 2 aromatic carbocycles. The zero-order chi connectivity index (χ0) is 15.1. The summed E-state index contributed by atoms with van der Waals surface area (Å²) in [5.41, 5.74) is 6.07. The maximum atomic E-state index is 11.7. The first kappa shape index (κ1) is 12.8. The van der Waals surface area contributed by atoms with Crippen LogP contribution in [0.15, 0.2) is 54.6 Å². The molecule has 1 N–H and O–H groups in total. The molecule has 0 spiro atoms. The Hall–Kier alpha value is -2.88. The van der Waals surface area contributed by atoms with Crippen molar-refractivity contribution in [3.63, 3.8) is 0 Å². The van der Waals surface area contributed by atoms with Gasteiger partial charge in [0.25, 0.3) is 0 Å². The second-order valence-electron chi connectivity index (χ2n) is 5.46. The molecule has 1 amide bonds. The van der Waals surface area contributed by atoms with Gasteiger partial charge in [-0.25, -0.2) is 0 Å². The summed E-state index contributed by atoms with van der Waals surface area (Å²) >= 11 is 0. The summed E-state index contributed by atoms with van der Waals surface area (Å²) in [6.45, 7) is 0. The fourth-order valence-corrected chi connectivity index (χ4v) is 2.96. The normalized spacial score (nSPS) is 13.0. The number of fused-ring (bicyclic) bond motifs is 1. The Morgan fingerprint density at radius 1 is 1.09 bits per heavy atom. The fraction of sp³-hybridized carbons (Fsp3) is 0.111. The van der Waals surface area contributed by atoms with Crippen LogP contribution in [0.2, 0.25) is 0 Å². The number of nitrogens with zero attached hydrogens (tertiary/aromatic N) is 2. The Labute approximate surface area is 128 Å². The van der Waals surface area contributed by atoms with Crippen LogP contribution in [-0.4, -0.2) is 15.7 Å². The van der Waals surface area contributed by atoms with Crippen LogP contribution in [0.4, 0.5) is 5.69 Å². The van der Waals surface area contributed by atoms with Crippen molar-refractivity contribution in [3.05, 3.63) is 60.2 Å². The monoisotopic (exact) mass is 289 g/mol. The molecule has 0 atom stereocenters. The second kappa shape index (κ2) is 4.84. The zero-order valence-electron chi connectivity index (χ0n) is 12.2. The van der Waals surface area contributed by atoms with Gasteiger partial charge in [0.2, 0.25) is 5.91 Å². The number of hydrogen-bond acceptors (Lipinski definition) is 2. The average Bonchev–Trinajstić information content (AvgIpc) is 3.10. The van der Waals surface area contributed by atoms with E-state index in [1.54, 1.807) is 0 Å². The maximum Gasteiger partial charge on any atom is 0.228 e.